The third-order valence-electron chi connectivity index (χ3n) is 6.72. The molecule has 2 aliphatic rings. The van der Waals surface area contributed by atoms with Crippen molar-refractivity contribution in [2.24, 2.45) is 11.7 Å². The van der Waals surface area contributed by atoms with Crippen LogP contribution in [-0.4, -0.2) is 54.8 Å². The van der Waals surface area contributed by atoms with Gasteiger partial charge in [0.2, 0.25) is 0 Å². The van der Waals surface area contributed by atoms with Gasteiger partial charge in [-0.05, 0) is 49.9 Å². The molecule has 3 aromatic heterocycles. The Morgan fingerprint density at radius 1 is 1.27 bits per heavy atom. The molecule has 0 spiro atoms. The average Bonchev–Trinajstić information content (AvgIpc) is 3.33. The van der Waals surface area contributed by atoms with Gasteiger partial charge in [0.25, 0.3) is 5.91 Å². The molecule has 9 heteroatoms. The van der Waals surface area contributed by atoms with Crippen LogP contribution in [0.5, 0.6) is 0 Å². The lowest BCUT2D eigenvalue weighted by Crippen LogP contribution is -2.39. The lowest BCUT2D eigenvalue weighted by molar-refractivity contribution is 0.0938. The summed E-state index contributed by atoms with van der Waals surface area (Å²) in [5, 5.41) is 4.03. The summed E-state index contributed by atoms with van der Waals surface area (Å²) in [6, 6.07) is 8.23. The van der Waals surface area contributed by atoms with Crippen molar-refractivity contribution in [3.8, 4) is 0 Å². The number of nitrogens with two attached hydrogens (primary N) is 2. The van der Waals surface area contributed by atoms with E-state index in [1.807, 2.05) is 19.1 Å². The zero-order chi connectivity index (χ0) is 23.1. The summed E-state index contributed by atoms with van der Waals surface area (Å²) < 4.78 is 5.30. The molecule has 8 nitrogen and oxygen atoms in total. The molecule has 0 saturated carbocycles. The van der Waals surface area contributed by atoms with Gasteiger partial charge in [0.1, 0.15) is 15.5 Å². The zero-order valence-electron chi connectivity index (χ0n) is 19.0. The number of anilines is 2. The van der Waals surface area contributed by atoms with E-state index in [-0.39, 0.29) is 18.0 Å². The van der Waals surface area contributed by atoms with E-state index in [1.165, 1.54) is 16.9 Å². The van der Waals surface area contributed by atoms with Gasteiger partial charge in [-0.2, -0.15) is 0 Å². The maximum Gasteiger partial charge on any atom is 0.263 e. The first-order valence-electron chi connectivity index (χ1n) is 11.4. The molecular weight excluding hydrogens is 436 g/mol. The second kappa shape index (κ2) is 8.89. The maximum absolute atomic E-state index is 13.0. The van der Waals surface area contributed by atoms with Crippen molar-refractivity contribution in [1.82, 2.24) is 15.3 Å². The summed E-state index contributed by atoms with van der Waals surface area (Å²) in [6.07, 6.45) is 2.45. The standard InChI is InChI=1S/C24H30N6O2S/c1-13-3-6-17-21(26)22(33-24(17)27-13)23(31)28-16-5-7-19-14(9-16)4-8-20(29-19)30-10-15(12-32-2)18(25)11-30/h3-4,6,8,15-16,18H,5,7,9-12,25-26H2,1-2H3,(H,28,31)/t15-,16+,18-/m1/s1. The van der Waals surface area contributed by atoms with Crippen molar-refractivity contribution >= 4 is 39.0 Å². The van der Waals surface area contributed by atoms with E-state index in [0.29, 0.717) is 23.1 Å². The number of aromatic nitrogens is 2. The predicted octanol–water partition coefficient (Wildman–Crippen LogP) is 2.28. The van der Waals surface area contributed by atoms with E-state index in [0.717, 1.165) is 59.8 Å². The average molecular weight is 467 g/mol. The number of methoxy groups -OCH3 is 1. The molecule has 33 heavy (non-hydrogen) atoms. The van der Waals surface area contributed by atoms with Gasteiger partial charge in [-0.25, -0.2) is 9.97 Å². The summed E-state index contributed by atoms with van der Waals surface area (Å²) in [5.41, 5.74) is 16.3. The van der Waals surface area contributed by atoms with E-state index in [9.17, 15) is 4.79 Å². The molecule has 3 atom stereocenters. The van der Waals surface area contributed by atoms with Crippen molar-refractivity contribution in [3.05, 3.63) is 46.1 Å². The number of ether oxygens (including phenoxy) is 1. The van der Waals surface area contributed by atoms with Crippen LogP contribution in [0.1, 0.15) is 33.0 Å². The molecule has 0 radical (unpaired) electrons. The maximum atomic E-state index is 13.0. The van der Waals surface area contributed by atoms with E-state index >= 15 is 0 Å². The first-order chi connectivity index (χ1) is 15.9. The second-order valence-electron chi connectivity index (χ2n) is 9.12. The van der Waals surface area contributed by atoms with Crippen LogP contribution in [0, 0.1) is 12.8 Å². The number of aryl methyl sites for hydroxylation is 2. The molecule has 0 aromatic carbocycles. The van der Waals surface area contributed by atoms with Gasteiger partial charge < -0.3 is 26.4 Å². The number of nitrogens with one attached hydrogen (secondary N) is 1. The Labute approximate surface area is 197 Å². The fourth-order valence-electron chi connectivity index (χ4n) is 4.88. The van der Waals surface area contributed by atoms with Crippen LogP contribution in [0.25, 0.3) is 10.2 Å². The van der Waals surface area contributed by atoms with Crippen LogP contribution >= 0.6 is 11.3 Å². The minimum atomic E-state index is -0.124. The molecule has 1 amide bonds. The minimum absolute atomic E-state index is 0.0586. The largest absolute Gasteiger partial charge is 0.397 e. The summed E-state index contributed by atoms with van der Waals surface area (Å²) in [5.74, 6) is 1.18. The number of hydrogen-bond acceptors (Lipinski definition) is 8. The number of rotatable bonds is 5. The fourth-order valence-corrected chi connectivity index (χ4v) is 5.92. The van der Waals surface area contributed by atoms with Gasteiger partial charge in [-0.3, -0.25) is 4.79 Å². The molecule has 174 valence electrons. The number of carbonyl (C=O) groups excluding carboxylic acids is 1. The Balaban J connectivity index is 1.26. The van der Waals surface area contributed by atoms with E-state index in [1.54, 1.807) is 7.11 Å². The molecule has 1 aliphatic carbocycles. The first-order valence-corrected chi connectivity index (χ1v) is 12.2. The second-order valence-corrected chi connectivity index (χ2v) is 10.1. The molecule has 5 rings (SSSR count). The topological polar surface area (TPSA) is 119 Å². The van der Waals surface area contributed by atoms with Gasteiger partial charge in [-0.15, -0.1) is 11.3 Å². The molecule has 1 aliphatic heterocycles. The van der Waals surface area contributed by atoms with Crippen LogP contribution in [-0.2, 0) is 17.6 Å². The number of fused-ring (bicyclic) bond motifs is 2. The molecule has 0 bridgehead atoms. The van der Waals surface area contributed by atoms with Crippen LogP contribution in [0.3, 0.4) is 0 Å². The Morgan fingerprint density at radius 3 is 2.94 bits per heavy atom. The minimum Gasteiger partial charge on any atom is -0.397 e. The van der Waals surface area contributed by atoms with Gasteiger partial charge in [0, 0.05) is 55.0 Å². The third kappa shape index (κ3) is 4.28. The van der Waals surface area contributed by atoms with Crippen LogP contribution in [0.4, 0.5) is 11.5 Å². The Hall–Kier alpha value is -2.75. The summed E-state index contributed by atoms with van der Waals surface area (Å²) in [6.45, 7) is 4.27. The van der Waals surface area contributed by atoms with Crippen molar-refractivity contribution in [2.75, 3.05) is 37.4 Å². The van der Waals surface area contributed by atoms with E-state index < -0.39 is 0 Å². The van der Waals surface area contributed by atoms with Gasteiger partial charge in [0.15, 0.2) is 0 Å². The van der Waals surface area contributed by atoms with Crippen LogP contribution < -0.4 is 21.7 Å². The first kappa shape index (κ1) is 22.1. The number of hydrogen-bond donors (Lipinski definition) is 3. The summed E-state index contributed by atoms with van der Waals surface area (Å²) in [4.78, 5) is 26.0. The predicted molar refractivity (Wildman–Crippen MR) is 132 cm³/mol. The third-order valence-corrected chi connectivity index (χ3v) is 7.83. The Bertz CT molecular complexity index is 1200. The smallest absolute Gasteiger partial charge is 0.263 e. The molecule has 0 unspecified atom stereocenters. The van der Waals surface area contributed by atoms with Crippen molar-refractivity contribution in [1.29, 1.82) is 0 Å². The number of nitrogens with zero attached hydrogens (tertiary/aromatic N) is 3. The van der Waals surface area contributed by atoms with Gasteiger partial charge in [-0.1, -0.05) is 6.07 Å². The number of nitrogen functional groups attached to an aromatic ring is 1. The zero-order valence-corrected chi connectivity index (χ0v) is 19.8. The Kier molecular flexibility index (Phi) is 5.94. The highest BCUT2D eigenvalue weighted by Crippen LogP contribution is 2.33. The number of amides is 1. The highest BCUT2D eigenvalue weighted by molar-refractivity contribution is 7.21. The van der Waals surface area contributed by atoms with Crippen molar-refractivity contribution < 1.29 is 9.53 Å². The molecule has 5 N–H and O–H groups in total. The van der Waals surface area contributed by atoms with Crippen molar-refractivity contribution in [2.45, 2.75) is 38.3 Å². The van der Waals surface area contributed by atoms with Gasteiger partial charge in [0.05, 0.1) is 12.3 Å². The summed E-state index contributed by atoms with van der Waals surface area (Å²) in [7, 11) is 1.72. The van der Waals surface area contributed by atoms with E-state index in [4.69, 9.17) is 21.2 Å². The quantitative estimate of drug-likeness (QED) is 0.528. The van der Waals surface area contributed by atoms with Gasteiger partial charge >= 0.3 is 0 Å². The summed E-state index contributed by atoms with van der Waals surface area (Å²) >= 11 is 1.35. The molecule has 3 aromatic rings. The monoisotopic (exact) mass is 466 g/mol. The SMILES string of the molecule is COC[C@H]1CN(c2ccc3c(n2)CC[C@H](NC(=O)c2sc4nc(C)ccc4c2N)C3)C[C@H]1N. The molecule has 1 fully saturated rings. The highest BCUT2D eigenvalue weighted by atomic mass is 32.1. The highest BCUT2D eigenvalue weighted by Gasteiger charge is 2.31. The molecule has 4 heterocycles. The normalized spacial score (nSPS) is 22.5. The van der Waals surface area contributed by atoms with E-state index in [2.05, 4.69) is 27.3 Å². The van der Waals surface area contributed by atoms with Crippen molar-refractivity contribution in [3.63, 3.8) is 0 Å². The lowest BCUT2D eigenvalue weighted by atomic mass is 9.91. The number of thiophene rings is 1. The van der Waals surface area contributed by atoms with Crippen LogP contribution in [0.15, 0.2) is 24.3 Å². The number of pyridine rings is 2. The molecular formula is C24H30N6O2S. The fraction of sp³-hybridized carbons (Fsp3) is 0.458. The number of carbonyl (C=O) groups is 1. The lowest BCUT2D eigenvalue weighted by Gasteiger charge is -2.26. The Morgan fingerprint density at radius 2 is 2.12 bits per heavy atom. The molecule has 1 saturated heterocycles. The van der Waals surface area contributed by atoms with Crippen LogP contribution in [0.2, 0.25) is 0 Å².